The molecule has 0 atom stereocenters. The zero-order valence-corrected chi connectivity index (χ0v) is 10.1. The maximum atomic E-state index is 12.5. The molecule has 2 N–H and O–H groups in total. The van der Waals surface area contributed by atoms with Crippen LogP contribution < -0.4 is 10.6 Å². The zero-order valence-electron chi connectivity index (χ0n) is 10.1. The lowest BCUT2D eigenvalue weighted by molar-refractivity contribution is -0.142. The van der Waals surface area contributed by atoms with Crippen molar-refractivity contribution < 1.29 is 13.2 Å². The van der Waals surface area contributed by atoms with Gasteiger partial charge in [0.15, 0.2) is 5.82 Å². The molecule has 0 amide bonds. The number of rotatable bonds is 2. The smallest absolute Gasteiger partial charge is 0.394 e. The first-order valence-corrected chi connectivity index (χ1v) is 6.10. The Kier molecular flexibility index (Phi) is 3.68. The van der Waals surface area contributed by atoms with Gasteiger partial charge in [-0.2, -0.15) is 18.3 Å². The highest BCUT2D eigenvalue weighted by Gasteiger charge is 2.31. The van der Waals surface area contributed by atoms with Crippen molar-refractivity contribution in [3.8, 4) is 0 Å². The summed E-state index contributed by atoms with van der Waals surface area (Å²) in [4.78, 5) is 1.92. The number of hydrogen-bond donors (Lipinski definition) is 1. The maximum absolute atomic E-state index is 12.5. The van der Waals surface area contributed by atoms with Gasteiger partial charge in [-0.15, -0.1) is 0 Å². The Morgan fingerprint density at radius 3 is 2.33 bits per heavy atom. The van der Waals surface area contributed by atoms with E-state index in [1.165, 1.54) is 6.20 Å². The van der Waals surface area contributed by atoms with Gasteiger partial charge >= 0.3 is 6.18 Å². The fraction of sp³-hybridized carbons (Fsp3) is 0.727. The number of hydrogen-bond acceptors (Lipinski definition) is 3. The van der Waals surface area contributed by atoms with Gasteiger partial charge in [-0.1, -0.05) is 12.8 Å². The average molecular weight is 262 g/mol. The lowest BCUT2D eigenvalue weighted by Crippen LogP contribution is -2.29. The highest BCUT2D eigenvalue weighted by atomic mass is 19.4. The Hall–Kier alpha value is -1.40. The molecule has 0 saturated carbocycles. The SMILES string of the molecule is Nc1cnn(CC(F)(F)F)c1N1CCCCCC1. The third kappa shape index (κ3) is 3.08. The number of nitrogens with two attached hydrogens (primary N) is 1. The fourth-order valence-corrected chi connectivity index (χ4v) is 2.31. The summed E-state index contributed by atoms with van der Waals surface area (Å²) < 4.78 is 38.3. The number of aromatic nitrogens is 2. The summed E-state index contributed by atoms with van der Waals surface area (Å²) in [5, 5.41) is 3.74. The lowest BCUT2D eigenvalue weighted by atomic mass is 10.2. The third-order valence-electron chi connectivity index (χ3n) is 3.07. The van der Waals surface area contributed by atoms with Crippen LogP contribution in [0.5, 0.6) is 0 Å². The predicted octanol–water partition coefficient (Wildman–Crippen LogP) is 2.41. The van der Waals surface area contributed by atoms with Crippen LogP contribution in [0.3, 0.4) is 0 Å². The van der Waals surface area contributed by atoms with Gasteiger partial charge in [0.2, 0.25) is 0 Å². The minimum Gasteiger partial charge on any atom is -0.394 e. The van der Waals surface area contributed by atoms with Gasteiger partial charge in [-0.05, 0) is 12.8 Å². The Balaban J connectivity index is 2.22. The fourth-order valence-electron chi connectivity index (χ4n) is 2.31. The number of anilines is 2. The Morgan fingerprint density at radius 1 is 1.17 bits per heavy atom. The first-order valence-electron chi connectivity index (χ1n) is 6.10. The van der Waals surface area contributed by atoms with E-state index >= 15 is 0 Å². The van der Waals surface area contributed by atoms with Crippen LogP contribution >= 0.6 is 0 Å². The average Bonchev–Trinajstić information content (AvgIpc) is 2.52. The summed E-state index contributed by atoms with van der Waals surface area (Å²) in [7, 11) is 0. The van der Waals surface area contributed by atoms with Crippen molar-refractivity contribution in [3.63, 3.8) is 0 Å². The second kappa shape index (κ2) is 5.07. The molecule has 1 saturated heterocycles. The minimum atomic E-state index is -4.28. The highest BCUT2D eigenvalue weighted by Crippen LogP contribution is 2.28. The van der Waals surface area contributed by atoms with Crippen LogP contribution in [0.1, 0.15) is 25.7 Å². The molecule has 0 bridgehead atoms. The standard InChI is InChI=1S/C11H17F3N4/c12-11(13,14)8-18-10(9(15)7-16-18)17-5-3-1-2-4-6-17/h7H,1-6,8,15H2. The topological polar surface area (TPSA) is 47.1 Å². The lowest BCUT2D eigenvalue weighted by Gasteiger charge is -2.24. The normalized spacial score (nSPS) is 17.8. The van der Waals surface area contributed by atoms with Crippen LogP contribution in [-0.2, 0) is 6.54 Å². The van der Waals surface area contributed by atoms with Gasteiger partial charge in [0.1, 0.15) is 6.54 Å². The summed E-state index contributed by atoms with van der Waals surface area (Å²) in [6.45, 7) is 0.400. The van der Waals surface area contributed by atoms with Crippen LogP contribution in [0.2, 0.25) is 0 Å². The molecular formula is C11H17F3N4. The molecule has 2 heterocycles. The van der Waals surface area contributed by atoms with Gasteiger partial charge in [-0.25, -0.2) is 4.68 Å². The summed E-state index contributed by atoms with van der Waals surface area (Å²) in [5.74, 6) is 0.411. The van der Waals surface area contributed by atoms with Gasteiger partial charge in [0, 0.05) is 13.1 Å². The Morgan fingerprint density at radius 2 is 1.78 bits per heavy atom. The van der Waals surface area contributed by atoms with Gasteiger partial charge < -0.3 is 10.6 Å². The Bertz CT molecular complexity index is 391. The zero-order chi connectivity index (χ0) is 13.2. The number of nitrogen functional groups attached to an aromatic ring is 1. The van der Waals surface area contributed by atoms with E-state index in [-0.39, 0.29) is 0 Å². The molecule has 0 unspecified atom stereocenters. The van der Waals surface area contributed by atoms with Crippen molar-refractivity contribution >= 4 is 11.5 Å². The summed E-state index contributed by atoms with van der Waals surface area (Å²) >= 11 is 0. The highest BCUT2D eigenvalue weighted by molar-refractivity contribution is 5.62. The number of alkyl halides is 3. The second-order valence-electron chi connectivity index (χ2n) is 4.60. The van der Waals surface area contributed by atoms with Crippen LogP contribution in [0.15, 0.2) is 6.20 Å². The molecule has 1 aromatic rings. The van der Waals surface area contributed by atoms with E-state index in [0.717, 1.165) is 43.5 Å². The molecule has 0 aliphatic carbocycles. The number of nitrogens with zero attached hydrogens (tertiary/aromatic N) is 3. The van der Waals surface area contributed by atoms with E-state index in [4.69, 9.17) is 5.73 Å². The molecule has 1 aliphatic heterocycles. The minimum absolute atomic E-state index is 0.321. The van der Waals surface area contributed by atoms with Crippen LogP contribution in [-0.4, -0.2) is 29.0 Å². The van der Waals surface area contributed by atoms with Crippen LogP contribution in [0.25, 0.3) is 0 Å². The van der Waals surface area contributed by atoms with E-state index in [1.807, 2.05) is 4.90 Å². The third-order valence-corrected chi connectivity index (χ3v) is 3.07. The van der Waals surface area contributed by atoms with Gasteiger partial charge in [-0.3, -0.25) is 0 Å². The molecule has 1 aliphatic rings. The van der Waals surface area contributed by atoms with Crippen molar-refractivity contribution in [1.82, 2.24) is 9.78 Å². The molecule has 0 spiro atoms. The maximum Gasteiger partial charge on any atom is 0.408 e. The molecule has 102 valence electrons. The molecule has 0 radical (unpaired) electrons. The van der Waals surface area contributed by atoms with Crippen molar-refractivity contribution in [1.29, 1.82) is 0 Å². The monoisotopic (exact) mass is 262 g/mol. The molecule has 7 heteroatoms. The summed E-state index contributed by atoms with van der Waals surface area (Å²) in [5.41, 5.74) is 6.07. The quantitative estimate of drug-likeness (QED) is 0.890. The van der Waals surface area contributed by atoms with E-state index in [2.05, 4.69) is 5.10 Å². The molecule has 18 heavy (non-hydrogen) atoms. The van der Waals surface area contributed by atoms with Crippen molar-refractivity contribution in [2.24, 2.45) is 0 Å². The second-order valence-corrected chi connectivity index (χ2v) is 4.60. The Labute approximate surface area is 104 Å². The van der Waals surface area contributed by atoms with Crippen molar-refractivity contribution in [2.75, 3.05) is 23.7 Å². The van der Waals surface area contributed by atoms with E-state index in [0.29, 0.717) is 11.5 Å². The molecule has 1 aromatic heterocycles. The predicted molar refractivity (Wildman–Crippen MR) is 63.4 cm³/mol. The first-order chi connectivity index (χ1) is 8.47. The van der Waals surface area contributed by atoms with E-state index in [9.17, 15) is 13.2 Å². The summed E-state index contributed by atoms with van der Waals surface area (Å²) in [6, 6.07) is 0. The van der Waals surface area contributed by atoms with E-state index in [1.54, 1.807) is 0 Å². The first kappa shape index (κ1) is 13.0. The molecule has 2 rings (SSSR count). The van der Waals surface area contributed by atoms with Gasteiger partial charge in [0.05, 0.1) is 11.9 Å². The summed E-state index contributed by atoms with van der Waals surface area (Å²) in [6.07, 6.45) is 1.21. The van der Waals surface area contributed by atoms with Gasteiger partial charge in [0.25, 0.3) is 0 Å². The van der Waals surface area contributed by atoms with Crippen LogP contribution in [0, 0.1) is 0 Å². The molecule has 1 fully saturated rings. The van der Waals surface area contributed by atoms with Crippen LogP contribution in [0.4, 0.5) is 24.7 Å². The largest absolute Gasteiger partial charge is 0.408 e. The molecular weight excluding hydrogens is 245 g/mol. The molecule has 0 aromatic carbocycles. The van der Waals surface area contributed by atoms with Crippen molar-refractivity contribution in [3.05, 3.63) is 6.20 Å². The van der Waals surface area contributed by atoms with E-state index < -0.39 is 12.7 Å². The van der Waals surface area contributed by atoms with Crippen molar-refractivity contribution in [2.45, 2.75) is 38.4 Å². The molecule has 4 nitrogen and oxygen atoms in total. The number of halogens is 3.